The van der Waals surface area contributed by atoms with Gasteiger partial charge in [-0.1, -0.05) is 41.9 Å². The van der Waals surface area contributed by atoms with Gasteiger partial charge in [0.1, 0.15) is 5.15 Å². The van der Waals surface area contributed by atoms with Crippen LogP contribution in [0.4, 0.5) is 0 Å². The summed E-state index contributed by atoms with van der Waals surface area (Å²) in [5.41, 5.74) is 2.37. The highest BCUT2D eigenvalue weighted by Gasteiger charge is 2.06. The lowest BCUT2D eigenvalue weighted by Crippen LogP contribution is -2.21. The van der Waals surface area contributed by atoms with Gasteiger partial charge in [-0.2, -0.15) is 0 Å². The summed E-state index contributed by atoms with van der Waals surface area (Å²) in [4.78, 5) is 4.00. The standard InChI is InChI=1S/C18H23ClN2O/c1-14(17-9-11-21-18(19)13-17)20-10-6-12-22-15(2)16-7-4-3-5-8-16/h3-5,7-9,11,13-15,20H,6,10,12H2,1-2H3. The van der Waals surface area contributed by atoms with Crippen molar-refractivity contribution in [1.29, 1.82) is 0 Å². The highest BCUT2D eigenvalue weighted by Crippen LogP contribution is 2.17. The number of halogens is 1. The lowest BCUT2D eigenvalue weighted by molar-refractivity contribution is 0.0638. The van der Waals surface area contributed by atoms with E-state index in [1.54, 1.807) is 6.20 Å². The number of benzene rings is 1. The maximum absolute atomic E-state index is 5.91. The average molecular weight is 319 g/mol. The molecular weight excluding hydrogens is 296 g/mol. The summed E-state index contributed by atoms with van der Waals surface area (Å²) in [6, 6.07) is 14.4. The Balaban J connectivity index is 1.65. The first kappa shape index (κ1) is 16.9. The Hall–Kier alpha value is -1.42. The van der Waals surface area contributed by atoms with Crippen molar-refractivity contribution in [3.05, 3.63) is 64.9 Å². The molecule has 22 heavy (non-hydrogen) atoms. The molecule has 2 aromatic rings. The number of aromatic nitrogens is 1. The summed E-state index contributed by atoms with van der Waals surface area (Å²) in [5.74, 6) is 0. The third-order valence-electron chi connectivity index (χ3n) is 3.66. The summed E-state index contributed by atoms with van der Waals surface area (Å²) >= 11 is 5.91. The Morgan fingerprint density at radius 1 is 1.14 bits per heavy atom. The van der Waals surface area contributed by atoms with Gasteiger partial charge < -0.3 is 10.1 Å². The van der Waals surface area contributed by atoms with Crippen molar-refractivity contribution in [1.82, 2.24) is 10.3 Å². The predicted octanol–water partition coefficient (Wildman–Crippen LogP) is 4.55. The van der Waals surface area contributed by atoms with Gasteiger partial charge in [0.25, 0.3) is 0 Å². The lowest BCUT2D eigenvalue weighted by atomic mass is 10.1. The number of hydrogen-bond acceptors (Lipinski definition) is 3. The van der Waals surface area contributed by atoms with Crippen LogP contribution >= 0.6 is 11.6 Å². The quantitative estimate of drug-likeness (QED) is 0.572. The van der Waals surface area contributed by atoms with E-state index in [4.69, 9.17) is 16.3 Å². The second-order valence-electron chi connectivity index (χ2n) is 5.36. The van der Waals surface area contributed by atoms with Gasteiger partial charge in [0, 0.05) is 18.8 Å². The molecule has 0 aliphatic carbocycles. The molecule has 1 heterocycles. The minimum atomic E-state index is 0.137. The van der Waals surface area contributed by atoms with Crippen LogP contribution in [0.1, 0.15) is 43.5 Å². The number of rotatable bonds is 8. The Labute approximate surface area is 137 Å². The third-order valence-corrected chi connectivity index (χ3v) is 3.87. The molecule has 0 aliphatic rings. The molecule has 1 aromatic heterocycles. The van der Waals surface area contributed by atoms with Gasteiger partial charge in [0.2, 0.25) is 0 Å². The molecule has 0 saturated heterocycles. The number of nitrogens with one attached hydrogen (secondary N) is 1. The fraction of sp³-hybridized carbons (Fsp3) is 0.389. The van der Waals surface area contributed by atoms with E-state index in [9.17, 15) is 0 Å². The topological polar surface area (TPSA) is 34.1 Å². The molecule has 0 aliphatic heterocycles. The van der Waals surface area contributed by atoms with Crippen molar-refractivity contribution in [2.24, 2.45) is 0 Å². The van der Waals surface area contributed by atoms with E-state index in [1.165, 1.54) is 5.56 Å². The highest BCUT2D eigenvalue weighted by molar-refractivity contribution is 6.29. The SMILES string of the molecule is CC(NCCCOC(C)c1ccccc1)c1ccnc(Cl)c1. The summed E-state index contributed by atoms with van der Waals surface area (Å²) in [6.45, 7) is 5.86. The average Bonchev–Trinajstić information content (AvgIpc) is 2.55. The van der Waals surface area contributed by atoms with Crippen molar-refractivity contribution < 1.29 is 4.74 Å². The van der Waals surface area contributed by atoms with Crippen molar-refractivity contribution in [2.45, 2.75) is 32.4 Å². The zero-order chi connectivity index (χ0) is 15.8. The monoisotopic (exact) mass is 318 g/mol. The van der Waals surface area contributed by atoms with Crippen LogP contribution in [0.25, 0.3) is 0 Å². The number of ether oxygens (including phenoxy) is 1. The van der Waals surface area contributed by atoms with Crippen molar-refractivity contribution >= 4 is 11.6 Å². The predicted molar refractivity (Wildman–Crippen MR) is 91.1 cm³/mol. The van der Waals surface area contributed by atoms with Crippen LogP contribution in [0, 0.1) is 0 Å². The van der Waals surface area contributed by atoms with Crippen molar-refractivity contribution in [2.75, 3.05) is 13.2 Å². The molecule has 1 aromatic carbocycles. The maximum Gasteiger partial charge on any atom is 0.129 e. The highest BCUT2D eigenvalue weighted by atomic mass is 35.5. The molecule has 0 spiro atoms. The van der Waals surface area contributed by atoms with E-state index in [1.807, 2.05) is 30.3 Å². The molecule has 0 saturated carbocycles. The normalized spacial score (nSPS) is 13.8. The first-order chi connectivity index (χ1) is 10.7. The van der Waals surface area contributed by atoms with E-state index in [0.717, 1.165) is 25.1 Å². The first-order valence-corrected chi connectivity index (χ1v) is 8.06. The smallest absolute Gasteiger partial charge is 0.129 e. The number of hydrogen-bond donors (Lipinski definition) is 1. The largest absolute Gasteiger partial charge is 0.374 e. The van der Waals surface area contributed by atoms with E-state index >= 15 is 0 Å². The Kier molecular flexibility index (Phi) is 6.84. The minimum Gasteiger partial charge on any atom is -0.374 e. The molecule has 0 radical (unpaired) electrons. The van der Waals surface area contributed by atoms with Crippen LogP contribution in [0.5, 0.6) is 0 Å². The molecule has 0 amide bonds. The fourth-order valence-electron chi connectivity index (χ4n) is 2.28. The lowest BCUT2D eigenvalue weighted by Gasteiger charge is -2.16. The van der Waals surface area contributed by atoms with Crippen LogP contribution in [0.2, 0.25) is 5.15 Å². The second-order valence-corrected chi connectivity index (χ2v) is 5.75. The molecule has 0 bridgehead atoms. The van der Waals surface area contributed by atoms with E-state index in [-0.39, 0.29) is 12.1 Å². The molecular formula is C18H23ClN2O. The zero-order valence-electron chi connectivity index (χ0n) is 13.1. The molecule has 2 atom stereocenters. The van der Waals surface area contributed by atoms with E-state index in [0.29, 0.717) is 5.15 Å². The molecule has 3 nitrogen and oxygen atoms in total. The van der Waals surface area contributed by atoms with Gasteiger partial charge in [0.15, 0.2) is 0 Å². The Morgan fingerprint density at radius 2 is 1.91 bits per heavy atom. The van der Waals surface area contributed by atoms with Crippen molar-refractivity contribution in [3.8, 4) is 0 Å². The molecule has 4 heteroatoms. The molecule has 118 valence electrons. The molecule has 0 fully saturated rings. The third kappa shape index (κ3) is 5.41. The van der Waals surface area contributed by atoms with E-state index < -0.39 is 0 Å². The Bertz CT molecular complexity index is 562. The van der Waals surface area contributed by atoms with Crippen molar-refractivity contribution in [3.63, 3.8) is 0 Å². The van der Waals surface area contributed by atoms with Gasteiger partial charge in [-0.15, -0.1) is 0 Å². The van der Waals surface area contributed by atoms with Gasteiger partial charge in [-0.25, -0.2) is 4.98 Å². The van der Waals surface area contributed by atoms with Gasteiger partial charge in [-0.05, 0) is 50.1 Å². The maximum atomic E-state index is 5.91. The summed E-state index contributed by atoms with van der Waals surface area (Å²) in [5, 5.41) is 4.01. The van der Waals surface area contributed by atoms with Gasteiger partial charge in [-0.3, -0.25) is 0 Å². The second kappa shape index (κ2) is 8.89. The van der Waals surface area contributed by atoms with Gasteiger partial charge >= 0.3 is 0 Å². The summed E-state index contributed by atoms with van der Waals surface area (Å²) < 4.78 is 5.86. The molecule has 1 N–H and O–H groups in total. The molecule has 2 rings (SSSR count). The van der Waals surface area contributed by atoms with Gasteiger partial charge in [0.05, 0.1) is 6.10 Å². The minimum absolute atomic E-state index is 0.137. The first-order valence-electron chi connectivity index (χ1n) is 7.68. The number of pyridine rings is 1. The fourth-order valence-corrected chi connectivity index (χ4v) is 2.46. The van der Waals surface area contributed by atoms with Crippen LogP contribution in [0.3, 0.4) is 0 Å². The summed E-state index contributed by atoms with van der Waals surface area (Å²) in [6.07, 6.45) is 2.85. The van der Waals surface area contributed by atoms with Crippen LogP contribution in [-0.4, -0.2) is 18.1 Å². The van der Waals surface area contributed by atoms with E-state index in [2.05, 4.69) is 36.3 Å². The van der Waals surface area contributed by atoms with Crippen LogP contribution in [-0.2, 0) is 4.74 Å². The van der Waals surface area contributed by atoms with Crippen LogP contribution in [0.15, 0.2) is 48.7 Å². The molecule has 2 unspecified atom stereocenters. The van der Waals surface area contributed by atoms with Crippen LogP contribution < -0.4 is 5.32 Å². The summed E-state index contributed by atoms with van der Waals surface area (Å²) in [7, 11) is 0. The Morgan fingerprint density at radius 3 is 2.64 bits per heavy atom. The zero-order valence-corrected chi connectivity index (χ0v) is 13.9. The number of nitrogens with zero attached hydrogens (tertiary/aromatic N) is 1.